The Labute approximate surface area is 125 Å². The van der Waals surface area contributed by atoms with Crippen LogP contribution in [0.15, 0.2) is 24.3 Å². The van der Waals surface area contributed by atoms with Crippen LogP contribution >= 0.6 is 0 Å². The molecule has 5 heteroatoms. The SMILES string of the molecule is O=C(Cc1ccc(O)cc1)NCCCOC1CCNCC1. The highest BCUT2D eigenvalue weighted by Crippen LogP contribution is 2.10. The quantitative estimate of drug-likeness (QED) is 0.661. The van der Waals surface area contributed by atoms with Gasteiger partial charge in [0.2, 0.25) is 5.91 Å². The first kappa shape index (κ1) is 15.8. The van der Waals surface area contributed by atoms with Gasteiger partial charge in [-0.2, -0.15) is 0 Å². The summed E-state index contributed by atoms with van der Waals surface area (Å²) in [5.74, 6) is 0.219. The fourth-order valence-corrected chi connectivity index (χ4v) is 2.37. The molecule has 1 fully saturated rings. The van der Waals surface area contributed by atoms with Crippen molar-refractivity contribution in [1.82, 2.24) is 10.6 Å². The summed E-state index contributed by atoms with van der Waals surface area (Å²) in [7, 11) is 0. The number of hydrogen-bond acceptors (Lipinski definition) is 4. The van der Waals surface area contributed by atoms with Crippen molar-refractivity contribution in [2.75, 3.05) is 26.2 Å². The Morgan fingerprint density at radius 3 is 2.71 bits per heavy atom. The highest BCUT2D eigenvalue weighted by molar-refractivity contribution is 5.78. The van der Waals surface area contributed by atoms with Crippen molar-refractivity contribution in [3.8, 4) is 5.75 Å². The number of aromatic hydroxyl groups is 1. The Kier molecular flexibility index (Phi) is 6.50. The molecule has 0 aromatic heterocycles. The molecule has 1 aliphatic heterocycles. The maximum absolute atomic E-state index is 11.7. The van der Waals surface area contributed by atoms with Crippen molar-refractivity contribution in [3.63, 3.8) is 0 Å². The molecule has 2 rings (SSSR count). The number of hydrogen-bond donors (Lipinski definition) is 3. The topological polar surface area (TPSA) is 70.6 Å². The summed E-state index contributed by atoms with van der Waals surface area (Å²) in [5.41, 5.74) is 0.899. The van der Waals surface area contributed by atoms with Crippen LogP contribution in [0, 0.1) is 0 Å². The molecule has 1 saturated heterocycles. The summed E-state index contributed by atoms with van der Waals surface area (Å²) in [6.45, 7) is 3.41. The zero-order chi connectivity index (χ0) is 14.9. The minimum Gasteiger partial charge on any atom is -0.508 e. The van der Waals surface area contributed by atoms with Gasteiger partial charge in [-0.1, -0.05) is 12.1 Å². The van der Waals surface area contributed by atoms with Crippen molar-refractivity contribution in [3.05, 3.63) is 29.8 Å². The van der Waals surface area contributed by atoms with E-state index in [-0.39, 0.29) is 11.7 Å². The third-order valence-electron chi connectivity index (χ3n) is 3.58. The first-order valence-corrected chi connectivity index (χ1v) is 7.61. The molecule has 1 heterocycles. The average Bonchev–Trinajstić information content (AvgIpc) is 2.50. The van der Waals surface area contributed by atoms with E-state index in [9.17, 15) is 9.90 Å². The van der Waals surface area contributed by atoms with E-state index in [1.807, 2.05) is 0 Å². The highest BCUT2D eigenvalue weighted by Gasteiger charge is 2.12. The molecule has 5 nitrogen and oxygen atoms in total. The van der Waals surface area contributed by atoms with Crippen LogP contribution < -0.4 is 10.6 Å². The van der Waals surface area contributed by atoms with Gasteiger partial charge in [-0.05, 0) is 50.0 Å². The molecule has 1 aromatic rings. The van der Waals surface area contributed by atoms with Gasteiger partial charge in [0.05, 0.1) is 12.5 Å². The van der Waals surface area contributed by atoms with Crippen molar-refractivity contribution in [1.29, 1.82) is 0 Å². The third-order valence-corrected chi connectivity index (χ3v) is 3.58. The van der Waals surface area contributed by atoms with Crippen LogP contribution in [0.5, 0.6) is 5.75 Å². The molecule has 0 aliphatic carbocycles. The van der Waals surface area contributed by atoms with Crippen molar-refractivity contribution in [2.24, 2.45) is 0 Å². The number of nitrogens with one attached hydrogen (secondary N) is 2. The summed E-state index contributed by atoms with van der Waals surface area (Å²) in [5, 5.41) is 15.4. The van der Waals surface area contributed by atoms with E-state index >= 15 is 0 Å². The largest absolute Gasteiger partial charge is 0.508 e. The lowest BCUT2D eigenvalue weighted by Gasteiger charge is -2.22. The number of amides is 1. The van der Waals surface area contributed by atoms with Crippen LogP contribution in [0.2, 0.25) is 0 Å². The zero-order valence-corrected chi connectivity index (χ0v) is 12.3. The summed E-state index contributed by atoms with van der Waals surface area (Å²) in [4.78, 5) is 11.7. The average molecular weight is 292 g/mol. The van der Waals surface area contributed by atoms with E-state index in [4.69, 9.17) is 4.74 Å². The second-order valence-corrected chi connectivity index (χ2v) is 5.37. The second-order valence-electron chi connectivity index (χ2n) is 5.37. The van der Waals surface area contributed by atoms with Gasteiger partial charge in [0, 0.05) is 13.2 Å². The summed E-state index contributed by atoms with van der Waals surface area (Å²) < 4.78 is 5.78. The van der Waals surface area contributed by atoms with Crippen LogP contribution in [0.4, 0.5) is 0 Å². The standard InChI is InChI=1S/C16H24N2O3/c19-14-4-2-13(3-5-14)12-16(20)18-8-1-11-21-15-6-9-17-10-7-15/h2-5,15,17,19H,1,6-12H2,(H,18,20). The Hall–Kier alpha value is -1.59. The first-order chi connectivity index (χ1) is 10.2. The number of phenols is 1. The van der Waals surface area contributed by atoms with E-state index < -0.39 is 0 Å². The molecular formula is C16H24N2O3. The van der Waals surface area contributed by atoms with E-state index in [1.165, 1.54) is 0 Å². The molecule has 3 N–H and O–H groups in total. The van der Waals surface area contributed by atoms with E-state index in [2.05, 4.69) is 10.6 Å². The number of phenolic OH excluding ortho intramolecular Hbond substituents is 1. The number of piperidine rings is 1. The number of ether oxygens (including phenoxy) is 1. The number of carbonyl (C=O) groups excluding carboxylic acids is 1. The maximum Gasteiger partial charge on any atom is 0.224 e. The Bertz CT molecular complexity index is 428. The molecule has 0 bridgehead atoms. The lowest BCUT2D eigenvalue weighted by Crippen LogP contribution is -2.33. The van der Waals surface area contributed by atoms with Gasteiger partial charge in [0.15, 0.2) is 0 Å². The minimum absolute atomic E-state index is 0.00237. The van der Waals surface area contributed by atoms with Gasteiger partial charge in [-0.15, -0.1) is 0 Å². The van der Waals surface area contributed by atoms with Crippen LogP contribution in [-0.2, 0) is 16.0 Å². The van der Waals surface area contributed by atoms with Gasteiger partial charge >= 0.3 is 0 Å². The maximum atomic E-state index is 11.7. The predicted molar refractivity (Wildman–Crippen MR) is 81.3 cm³/mol. The molecule has 0 saturated carbocycles. The number of rotatable bonds is 7. The fraction of sp³-hybridized carbons (Fsp3) is 0.562. The zero-order valence-electron chi connectivity index (χ0n) is 12.3. The molecule has 0 radical (unpaired) electrons. The first-order valence-electron chi connectivity index (χ1n) is 7.61. The van der Waals surface area contributed by atoms with Gasteiger partial charge in [-0.25, -0.2) is 0 Å². The van der Waals surface area contributed by atoms with E-state index in [1.54, 1.807) is 24.3 Å². The van der Waals surface area contributed by atoms with Crippen LogP contribution in [-0.4, -0.2) is 43.4 Å². The van der Waals surface area contributed by atoms with Gasteiger partial charge in [0.1, 0.15) is 5.75 Å². The molecule has 1 aromatic carbocycles. The molecule has 0 atom stereocenters. The molecule has 116 valence electrons. The van der Waals surface area contributed by atoms with Crippen LogP contribution in [0.3, 0.4) is 0 Å². The van der Waals surface area contributed by atoms with Crippen molar-refractivity contribution < 1.29 is 14.6 Å². The summed E-state index contributed by atoms with van der Waals surface area (Å²) in [6.07, 6.45) is 3.71. The molecule has 1 amide bonds. The van der Waals surface area contributed by atoms with Crippen LogP contribution in [0.1, 0.15) is 24.8 Å². The third kappa shape index (κ3) is 6.14. The monoisotopic (exact) mass is 292 g/mol. The van der Waals surface area contributed by atoms with Gasteiger partial charge in [-0.3, -0.25) is 4.79 Å². The highest BCUT2D eigenvalue weighted by atomic mass is 16.5. The number of carbonyl (C=O) groups is 1. The smallest absolute Gasteiger partial charge is 0.224 e. The van der Waals surface area contributed by atoms with Crippen molar-refractivity contribution in [2.45, 2.75) is 31.8 Å². The Morgan fingerprint density at radius 1 is 1.29 bits per heavy atom. The normalized spacial score (nSPS) is 15.8. The van der Waals surface area contributed by atoms with Crippen LogP contribution in [0.25, 0.3) is 0 Å². The minimum atomic E-state index is 0.00237. The van der Waals surface area contributed by atoms with Crippen molar-refractivity contribution >= 4 is 5.91 Å². The second kappa shape index (κ2) is 8.64. The summed E-state index contributed by atoms with van der Waals surface area (Å²) >= 11 is 0. The lowest BCUT2D eigenvalue weighted by atomic mass is 10.1. The molecule has 0 unspecified atom stereocenters. The molecular weight excluding hydrogens is 268 g/mol. The van der Waals surface area contributed by atoms with Gasteiger partial charge < -0.3 is 20.5 Å². The Morgan fingerprint density at radius 2 is 2.00 bits per heavy atom. The fourth-order valence-electron chi connectivity index (χ4n) is 2.37. The predicted octanol–water partition coefficient (Wildman–Crippen LogP) is 1.21. The number of benzene rings is 1. The molecule has 0 spiro atoms. The summed E-state index contributed by atoms with van der Waals surface area (Å²) in [6, 6.07) is 6.70. The molecule has 21 heavy (non-hydrogen) atoms. The Balaban J connectivity index is 1.53. The molecule has 1 aliphatic rings. The lowest BCUT2D eigenvalue weighted by molar-refractivity contribution is -0.120. The van der Waals surface area contributed by atoms with Gasteiger partial charge in [0.25, 0.3) is 0 Å². The van der Waals surface area contributed by atoms with E-state index in [0.29, 0.717) is 25.7 Å². The van der Waals surface area contributed by atoms with E-state index in [0.717, 1.165) is 37.9 Å².